The standard InChI is InChI=1S/C26H21N3O3/c27-25-23(24(29-32-25)20-16-31-22-14-8-7-13-19(20)22)26(30)28-21(18-11-5-2-6-12-18)15-17-9-3-1-4-10-17/h1-14,16,21H,15,27H2,(H,28,30). The molecule has 0 aliphatic rings. The number of benzene rings is 3. The molecule has 3 N–H and O–H groups in total. The van der Waals surface area contributed by atoms with Crippen molar-refractivity contribution >= 4 is 22.8 Å². The molecule has 0 spiro atoms. The summed E-state index contributed by atoms with van der Waals surface area (Å²) in [6.45, 7) is 0. The molecule has 2 aromatic heterocycles. The number of nitrogen functional groups attached to an aromatic ring is 1. The van der Waals surface area contributed by atoms with Gasteiger partial charge in [-0.2, -0.15) is 0 Å². The van der Waals surface area contributed by atoms with E-state index in [1.807, 2.05) is 84.9 Å². The number of hydrogen-bond acceptors (Lipinski definition) is 5. The summed E-state index contributed by atoms with van der Waals surface area (Å²) in [5.74, 6) is -0.386. The van der Waals surface area contributed by atoms with Gasteiger partial charge in [-0.3, -0.25) is 4.79 Å². The zero-order chi connectivity index (χ0) is 21.9. The second-order valence-electron chi connectivity index (χ2n) is 7.54. The van der Waals surface area contributed by atoms with Crippen LogP contribution >= 0.6 is 0 Å². The van der Waals surface area contributed by atoms with Gasteiger partial charge in [0.25, 0.3) is 5.91 Å². The molecule has 32 heavy (non-hydrogen) atoms. The molecule has 158 valence electrons. The molecular weight excluding hydrogens is 402 g/mol. The van der Waals surface area contributed by atoms with Gasteiger partial charge in [0.15, 0.2) is 0 Å². The Morgan fingerprint density at radius 1 is 0.938 bits per heavy atom. The lowest BCUT2D eigenvalue weighted by atomic mass is 9.98. The van der Waals surface area contributed by atoms with Crippen LogP contribution in [0.25, 0.3) is 22.2 Å². The summed E-state index contributed by atoms with van der Waals surface area (Å²) in [7, 11) is 0. The zero-order valence-corrected chi connectivity index (χ0v) is 17.2. The van der Waals surface area contributed by atoms with E-state index in [2.05, 4.69) is 10.5 Å². The van der Waals surface area contributed by atoms with Crippen LogP contribution < -0.4 is 11.1 Å². The maximum absolute atomic E-state index is 13.4. The summed E-state index contributed by atoms with van der Waals surface area (Å²) in [5, 5.41) is 8.03. The van der Waals surface area contributed by atoms with Crippen LogP contribution in [0.4, 0.5) is 5.88 Å². The van der Waals surface area contributed by atoms with Gasteiger partial charge in [-0.05, 0) is 23.6 Å². The minimum absolute atomic E-state index is 0.0331. The fourth-order valence-electron chi connectivity index (χ4n) is 3.89. The molecule has 6 heteroatoms. The minimum Gasteiger partial charge on any atom is -0.464 e. The minimum atomic E-state index is -0.353. The highest BCUT2D eigenvalue weighted by atomic mass is 16.5. The van der Waals surface area contributed by atoms with Crippen LogP contribution in [0.3, 0.4) is 0 Å². The number of rotatable bonds is 6. The number of carbonyl (C=O) groups is 1. The van der Waals surface area contributed by atoms with Gasteiger partial charge < -0.3 is 20.0 Å². The van der Waals surface area contributed by atoms with Gasteiger partial charge in [0.05, 0.1) is 11.6 Å². The summed E-state index contributed by atoms with van der Waals surface area (Å²) >= 11 is 0. The van der Waals surface area contributed by atoms with Crippen molar-refractivity contribution in [2.45, 2.75) is 12.5 Å². The quantitative estimate of drug-likeness (QED) is 0.382. The lowest BCUT2D eigenvalue weighted by Crippen LogP contribution is -2.30. The van der Waals surface area contributed by atoms with Crippen molar-refractivity contribution in [1.82, 2.24) is 10.5 Å². The van der Waals surface area contributed by atoms with Crippen molar-refractivity contribution in [2.24, 2.45) is 0 Å². The summed E-state index contributed by atoms with van der Waals surface area (Å²) in [5.41, 5.74) is 10.1. The highest BCUT2D eigenvalue weighted by Gasteiger charge is 2.27. The summed E-state index contributed by atoms with van der Waals surface area (Å²) in [4.78, 5) is 13.4. The van der Waals surface area contributed by atoms with Gasteiger partial charge in [0, 0.05) is 5.39 Å². The largest absolute Gasteiger partial charge is 0.464 e. The molecule has 5 rings (SSSR count). The Balaban J connectivity index is 1.50. The molecule has 1 unspecified atom stereocenters. The van der Waals surface area contributed by atoms with Gasteiger partial charge in [-0.15, -0.1) is 0 Å². The molecular formula is C26H21N3O3. The van der Waals surface area contributed by atoms with Crippen molar-refractivity contribution in [3.8, 4) is 11.3 Å². The number of fused-ring (bicyclic) bond motifs is 1. The molecule has 0 radical (unpaired) electrons. The number of anilines is 1. The van der Waals surface area contributed by atoms with Gasteiger partial charge in [0.1, 0.15) is 23.1 Å². The lowest BCUT2D eigenvalue weighted by molar-refractivity contribution is 0.0937. The first-order valence-corrected chi connectivity index (χ1v) is 10.3. The number of para-hydroxylation sites is 1. The molecule has 0 fully saturated rings. The Morgan fingerprint density at radius 2 is 1.62 bits per heavy atom. The monoisotopic (exact) mass is 423 g/mol. The molecule has 0 saturated carbocycles. The second-order valence-corrected chi connectivity index (χ2v) is 7.54. The molecule has 0 aliphatic heterocycles. The molecule has 0 bridgehead atoms. The average Bonchev–Trinajstić information content (AvgIpc) is 3.43. The predicted octanol–water partition coefficient (Wildman–Crippen LogP) is 5.38. The maximum Gasteiger partial charge on any atom is 0.259 e. The van der Waals surface area contributed by atoms with Crippen LogP contribution in [0.5, 0.6) is 0 Å². The van der Waals surface area contributed by atoms with Crippen molar-refractivity contribution < 1.29 is 13.7 Å². The number of carbonyl (C=O) groups excluding carboxylic acids is 1. The van der Waals surface area contributed by atoms with E-state index in [0.29, 0.717) is 23.3 Å². The molecule has 1 amide bonds. The van der Waals surface area contributed by atoms with Crippen LogP contribution in [0.2, 0.25) is 0 Å². The first kappa shape index (κ1) is 19.6. The van der Waals surface area contributed by atoms with Gasteiger partial charge in [0.2, 0.25) is 5.88 Å². The maximum atomic E-state index is 13.4. The third-order valence-electron chi connectivity index (χ3n) is 5.47. The third-order valence-corrected chi connectivity index (χ3v) is 5.47. The van der Waals surface area contributed by atoms with Crippen LogP contribution in [0.15, 0.2) is 100 Å². The second kappa shape index (κ2) is 8.43. The van der Waals surface area contributed by atoms with E-state index in [0.717, 1.165) is 16.5 Å². The normalized spacial score (nSPS) is 12.0. The number of amides is 1. The number of hydrogen-bond donors (Lipinski definition) is 2. The van der Waals surface area contributed by atoms with E-state index < -0.39 is 0 Å². The molecule has 3 aromatic carbocycles. The number of furan rings is 1. The smallest absolute Gasteiger partial charge is 0.259 e. The molecule has 0 saturated heterocycles. The molecule has 2 heterocycles. The van der Waals surface area contributed by atoms with Crippen LogP contribution in [0, 0.1) is 0 Å². The molecule has 5 aromatic rings. The molecule has 0 aliphatic carbocycles. The SMILES string of the molecule is Nc1onc(-c2coc3ccccc23)c1C(=O)NC(Cc1ccccc1)c1ccccc1. The Bertz CT molecular complexity index is 1360. The fourth-order valence-corrected chi connectivity index (χ4v) is 3.89. The predicted molar refractivity (Wildman–Crippen MR) is 123 cm³/mol. The van der Waals surface area contributed by atoms with Crippen molar-refractivity contribution in [2.75, 3.05) is 5.73 Å². The van der Waals surface area contributed by atoms with Crippen molar-refractivity contribution in [3.05, 3.63) is 108 Å². The van der Waals surface area contributed by atoms with E-state index in [4.69, 9.17) is 14.7 Å². The molecule has 6 nitrogen and oxygen atoms in total. The number of nitrogens with one attached hydrogen (secondary N) is 1. The van der Waals surface area contributed by atoms with Gasteiger partial charge in [-0.1, -0.05) is 84.0 Å². The van der Waals surface area contributed by atoms with E-state index in [-0.39, 0.29) is 23.4 Å². The Hall–Kier alpha value is -4.32. The Kier molecular flexibility index (Phi) is 5.17. The van der Waals surface area contributed by atoms with E-state index >= 15 is 0 Å². The van der Waals surface area contributed by atoms with Crippen molar-refractivity contribution in [3.63, 3.8) is 0 Å². The highest BCUT2D eigenvalue weighted by molar-refractivity contribution is 6.07. The van der Waals surface area contributed by atoms with Gasteiger partial charge in [-0.25, -0.2) is 0 Å². The van der Waals surface area contributed by atoms with Crippen LogP contribution in [0.1, 0.15) is 27.5 Å². The topological polar surface area (TPSA) is 94.3 Å². The van der Waals surface area contributed by atoms with E-state index in [1.165, 1.54) is 0 Å². The number of aromatic nitrogens is 1. The van der Waals surface area contributed by atoms with Crippen LogP contribution in [-0.2, 0) is 6.42 Å². The summed E-state index contributed by atoms with van der Waals surface area (Å²) in [6.07, 6.45) is 2.20. The van der Waals surface area contributed by atoms with E-state index in [9.17, 15) is 4.79 Å². The van der Waals surface area contributed by atoms with E-state index in [1.54, 1.807) is 6.26 Å². The Labute approximate surface area is 184 Å². The highest BCUT2D eigenvalue weighted by Crippen LogP contribution is 2.34. The van der Waals surface area contributed by atoms with Crippen LogP contribution in [-0.4, -0.2) is 11.1 Å². The average molecular weight is 423 g/mol. The first-order valence-electron chi connectivity index (χ1n) is 10.3. The molecule has 1 atom stereocenters. The number of nitrogens with zero attached hydrogens (tertiary/aromatic N) is 1. The first-order chi connectivity index (χ1) is 15.7. The summed E-state index contributed by atoms with van der Waals surface area (Å²) in [6, 6.07) is 27.2. The van der Waals surface area contributed by atoms with Crippen molar-refractivity contribution in [1.29, 1.82) is 0 Å². The number of nitrogens with two attached hydrogens (primary N) is 1. The Morgan fingerprint density at radius 3 is 2.41 bits per heavy atom. The lowest BCUT2D eigenvalue weighted by Gasteiger charge is -2.19. The fraction of sp³-hybridized carbons (Fsp3) is 0.0769. The van der Waals surface area contributed by atoms with Gasteiger partial charge >= 0.3 is 0 Å². The summed E-state index contributed by atoms with van der Waals surface area (Å²) < 4.78 is 10.8. The zero-order valence-electron chi connectivity index (χ0n) is 17.2. The third kappa shape index (κ3) is 3.74.